The van der Waals surface area contributed by atoms with Crippen molar-refractivity contribution >= 4 is 23.2 Å². The van der Waals surface area contributed by atoms with Gasteiger partial charge in [0.15, 0.2) is 5.11 Å². The number of carbonyl (C=O) groups excluding carboxylic acids is 1. The van der Waals surface area contributed by atoms with Crippen LogP contribution < -0.4 is 5.32 Å². The molecule has 1 heterocycles. The molecule has 0 saturated carbocycles. The maximum atomic E-state index is 12.3. The van der Waals surface area contributed by atoms with Crippen LogP contribution in [-0.2, 0) is 4.74 Å². The van der Waals surface area contributed by atoms with Crippen molar-refractivity contribution in [3.8, 4) is 0 Å². The van der Waals surface area contributed by atoms with Gasteiger partial charge in [-0.15, -0.1) is 0 Å². The molecule has 0 spiro atoms. The van der Waals surface area contributed by atoms with E-state index in [0.29, 0.717) is 23.8 Å². The van der Waals surface area contributed by atoms with Crippen LogP contribution in [0.4, 0.5) is 0 Å². The lowest BCUT2D eigenvalue weighted by Gasteiger charge is -2.40. The first-order valence-electron chi connectivity index (χ1n) is 8.00. The molecule has 1 aliphatic heterocycles. The molecule has 1 amide bonds. The quantitative estimate of drug-likeness (QED) is 0.853. The summed E-state index contributed by atoms with van der Waals surface area (Å²) < 4.78 is 5.93. The highest BCUT2D eigenvalue weighted by molar-refractivity contribution is 7.80. The smallest absolute Gasteiger partial charge is 0.257 e. The molecule has 2 aromatic rings. The average Bonchev–Trinajstić information content (AvgIpc) is 2.63. The van der Waals surface area contributed by atoms with Crippen molar-refractivity contribution in [1.29, 1.82) is 0 Å². The van der Waals surface area contributed by atoms with Gasteiger partial charge in [0, 0.05) is 12.1 Å². The molecule has 4 nitrogen and oxygen atoms in total. The molecule has 0 bridgehead atoms. The number of nitrogens with one attached hydrogen (secondary N) is 1. The van der Waals surface area contributed by atoms with Crippen LogP contribution in [0.15, 0.2) is 60.7 Å². The SMILES string of the molecule is C[C@H]1[C@@H](c2ccccc2)OCCN1C(=S)NC(=O)c1ccccc1. The van der Waals surface area contributed by atoms with Gasteiger partial charge < -0.3 is 9.64 Å². The van der Waals surface area contributed by atoms with Crippen molar-refractivity contribution < 1.29 is 9.53 Å². The number of thiocarbonyl (C=S) groups is 1. The molecular weight excluding hydrogens is 320 g/mol. The topological polar surface area (TPSA) is 41.6 Å². The third kappa shape index (κ3) is 3.63. The third-order valence-corrected chi connectivity index (χ3v) is 4.54. The van der Waals surface area contributed by atoms with Gasteiger partial charge in [-0.25, -0.2) is 0 Å². The summed E-state index contributed by atoms with van der Waals surface area (Å²) in [4.78, 5) is 14.3. The van der Waals surface area contributed by atoms with Gasteiger partial charge in [0.2, 0.25) is 0 Å². The van der Waals surface area contributed by atoms with E-state index in [4.69, 9.17) is 17.0 Å². The van der Waals surface area contributed by atoms with E-state index in [1.165, 1.54) is 0 Å². The molecular formula is C19H20N2O2S. The van der Waals surface area contributed by atoms with Crippen LogP contribution in [0.2, 0.25) is 0 Å². The number of morpholine rings is 1. The molecule has 3 rings (SSSR count). The summed E-state index contributed by atoms with van der Waals surface area (Å²) in [6.07, 6.45) is -0.0634. The fourth-order valence-corrected chi connectivity index (χ4v) is 3.27. The van der Waals surface area contributed by atoms with Crippen LogP contribution in [-0.4, -0.2) is 35.1 Å². The van der Waals surface area contributed by atoms with Crippen molar-refractivity contribution in [2.24, 2.45) is 0 Å². The molecule has 0 unspecified atom stereocenters. The van der Waals surface area contributed by atoms with Crippen LogP contribution in [0.1, 0.15) is 28.9 Å². The Morgan fingerprint density at radius 3 is 2.42 bits per heavy atom. The van der Waals surface area contributed by atoms with Crippen molar-refractivity contribution in [3.63, 3.8) is 0 Å². The first-order chi connectivity index (χ1) is 11.7. The predicted molar refractivity (Wildman–Crippen MR) is 97.8 cm³/mol. The van der Waals surface area contributed by atoms with E-state index >= 15 is 0 Å². The Morgan fingerprint density at radius 2 is 1.75 bits per heavy atom. The number of hydrogen-bond acceptors (Lipinski definition) is 3. The zero-order valence-corrected chi connectivity index (χ0v) is 14.3. The van der Waals surface area contributed by atoms with Crippen molar-refractivity contribution in [2.75, 3.05) is 13.2 Å². The number of carbonyl (C=O) groups is 1. The summed E-state index contributed by atoms with van der Waals surface area (Å²) in [5, 5.41) is 3.28. The predicted octanol–water partition coefficient (Wildman–Crippen LogP) is 3.16. The molecule has 1 N–H and O–H groups in total. The lowest BCUT2D eigenvalue weighted by atomic mass is 10.0. The second-order valence-corrected chi connectivity index (χ2v) is 6.15. The average molecular weight is 340 g/mol. The Hall–Kier alpha value is -2.24. The number of ether oxygens (including phenoxy) is 1. The third-order valence-electron chi connectivity index (χ3n) is 4.20. The van der Waals surface area contributed by atoms with Gasteiger partial charge in [-0.2, -0.15) is 0 Å². The van der Waals surface area contributed by atoms with Crippen LogP contribution in [0.5, 0.6) is 0 Å². The number of hydrogen-bond donors (Lipinski definition) is 1. The summed E-state index contributed by atoms with van der Waals surface area (Å²) in [6.45, 7) is 3.31. The van der Waals surface area contributed by atoms with Crippen molar-refractivity contribution in [1.82, 2.24) is 10.2 Å². The van der Waals surface area contributed by atoms with Crippen molar-refractivity contribution in [3.05, 3.63) is 71.8 Å². The van der Waals surface area contributed by atoms with E-state index < -0.39 is 0 Å². The maximum absolute atomic E-state index is 12.3. The number of amides is 1. The highest BCUT2D eigenvalue weighted by atomic mass is 32.1. The van der Waals surface area contributed by atoms with Crippen molar-refractivity contribution in [2.45, 2.75) is 19.1 Å². The monoisotopic (exact) mass is 340 g/mol. The summed E-state index contributed by atoms with van der Waals surface area (Å²) in [6, 6.07) is 19.2. The van der Waals surface area contributed by atoms with E-state index in [1.807, 2.05) is 41.3 Å². The highest BCUT2D eigenvalue weighted by Gasteiger charge is 2.31. The summed E-state index contributed by atoms with van der Waals surface area (Å²) >= 11 is 5.47. The van der Waals surface area contributed by atoms with E-state index in [9.17, 15) is 4.79 Å². The van der Waals surface area contributed by atoms with Gasteiger partial charge in [0.05, 0.1) is 12.6 Å². The van der Waals surface area contributed by atoms with E-state index in [-0.39, 0.29) is 18.1 Å². The second kappa shape index (κ2) is 7.55. The van der Waals surface area contributed by atoms with E-state index in [2.05, 4.69) is 24.4 Å². The van der Waals surface area contributed by atoms with Crippen LogP contribution in [0, 0.1) is 0 Å². The number of rotatable bonds is 2. The molecule has 5 heteroatoms. The van der Waals surface area contributed by atoms with E-state index in [0.717, 1.165) is 5.56 Å². The van der Waals surface area contributed by atoms with Crippen LogP contribution in [0.25, 0.3) is 0 Å². The summed E-state index contributed by atoms with van der Waals surface area (Å²) in [5.74, 6) is -0.185. The van der Waals surface area contributed by atoms with Crippen LogP contribution in [0.3, 0.4) is 0 Å². The maximum Gasteiger partial charge on any atom is 0.257 e. The summed E-state index contributed by atoms with van der Waals surface area (Å²) in [5.41, 5.74) is 1.72. The molecule has 0 aromatic heterocycles. The van der Waals surface area contributed by atoms with Gasteiger partial charge in [-0.3, -0.25) is 10.1 Å². The molecule has 1 fully saturated rings. The normalized spacial score (nSPS) is 20.5. The first kappa shape index (κ1) is 16.6. The Balaban J connectivity index is 1.69. The van der Waals surface area contributed by atoms with Gasteiger partial charge in [0.25, 0.3) is 5.91 Å². The molecule has 124 valence electrons. The van der Waals surface area contributed by atoms with E-state index in [1.54, 1.807) is 12.1 Å². The fourth-order valence-electron chi connectivity index (χ4n) is 2.92. The number of benzene rings is 2. The zero-order valence-electron chi connectivity index (χ0n) is 13.5. The molecule has 2 aromatic carbocycles. The highest BCUT2D eigenvalue weighted by Crippen LogP contribution is 2.28. The lowest BCUT2D eigenvalue weighted by molar-refractivity contribution is -0.0413. The number of nitrogens with zero attached hydrogens (tertiary/aromatic N) is 1. The van der Waals surface area contributed by atoms with Gasteiger partial charge in [-0.05, 0) is 36.8 Å². The Morgan fingerprint density at radius 1 is 1.12 bits per heavy atom. The molecule has 1 saturated heterocycles. The zero-order chi connectivity index (χ0) is 16.9. The first-order valence-corrected chi connectivity index (χ1v) is 8.41. The fraction of sp³-hybridized carbons (Fsp3) is 0.263. The minimum atomic E-state index is -0.185. The molecule has 1 aliphatic rings. The van der Waals surface area contributed by atoms with Gasteiger partial charge in [0.1, 0.15) is 6.10 Å². The Labute approximate surface area is 147 Å². The van der Waals surface area contributed by atoms with Crippen LogP contribution >= 0.6 is 12.2 Å². The molecule has 24 heavy (non-hydrogen) atoms. The molecule has 2 atom stereocenters. The largest absolute Gasteiger partial charge is 0.370 e. The minimum absolute atomic E-state index is 0.0460. The van der Waals surface area contributed by atoms with Gasteiger partial charge >= 0.3 is 0 Å². The summed E-state index contributed by atoms with van der Waals surface area (Å²) in [7, 11) is 0. The molecule has 0 radical (unpaired) electrons. The van der Waals surface area contributed by atoms with Gasteiger partial charge in [-0.1, -0.05) is 48.5 Å². The second-order valence-electron chi connectivity index (χ2n) is 5.76. The minimum Gasteiger partial charge on any atom is -0.370 e. The Kier molecular flexibility index (Phi) is 5.23. The standard InChI is InChI=1S/C19H20N2O2S/c1-14-17(15-8-4-2-5-9-15)23-13-12-21(14)19(24)20-18(22)16-10-6-3-7-11-16/h2-11,14,17H,12-13H2,1H3,(H,20,22,24)/t14-,17-/m0/s1. The lowest BCUT2D eigenvalue weighted by Crippen LogP contribution is -2.53. The Bertz CT molecular complexity index is 706. The molecule has 0 aliphatic carbocycles.